The van der Waals surface area contributed by atoms with Crippen LogP contribution in [0.15, 0.2) is 0 Å². The van der Waals surface area contributed by atoms with Gasteiger partial charge >= 0.3 is 0 Å². The molecule has 0 aromatic heterocycles. The Morgan fingerprint density at radius 2 is 1.60 bits per heavy atom. The Bertz CT molecular complexity index is 11.1. The first-order valence-electron chi connectivity index (χ1n) is 1.28. The third-order valence-corrected chi connectivity index (χ3v) is 0.204. The fourth-order valence-electron chi connectivity index (χ4n) is 0.0589. The van der Waals surface area contributed by atoms with Crippen LogP contribution in [0.1, 0.15) is 0 Å². The average molecular weight is 76.1 g/mol. The fourth-order valence-corrected chi connectivity index (χ4v) is 0.0589. The van der Waals surface area contributed by atoms with Gasteiger partial charge in [-0.25, -0.2) is 10.9 Å². The zero-order chi connectivity index (χ0) is 4.12. The molecule has 0 aromatic carbocycles. The van der Waals surface area contributed by atoms with E-state index in [9.17, 15) is 0 Å². The van der Waals surface area contributed by atoms with Crippen molar-refractivity contribution in [1.29, 1.82) is 0 Å². The molecule has 32 valence electrons. The van der Waals surface area contributed by atoms with Gasteiger partial charge in [0.1, 0.15) is 0 Å². The van der Waals surface area contributed by atoms with Crippen LogP contribution in [0, 0.1) is 0 Å². The number of nitrogens with two attached hydrogens (primary N) is 2. The molecule has 0 saturated heterocycles. The monoisotopic (exact) mass is 76.1 g/mol. The molecule has 0 aliphatic heterocycles. The molecule has 0 spiro atoms. The van der Waals surface area contributed by atoms with E-state index in [2.05, 4.69) is 10.9 Å². The van der Waals surface area contributed by atoms with Crippen molar-refractivity contribution in [3.05, 3.63) is 0 Å². The summed E-state index contributed by atoms with van der Waals surface area (Å²) in [5.74, 6) is 9.49. The molecular formula is CH8N4. The minimum absolute atomic E-state index is 0.444. The second-order valence-corrected chi connectivity index (χ2v) is 0.585. The summed E-state index contributed by atoms with van der Waals surface area (Å²) < 4.78 is 0. The molecule has 4 heteroatoms. The van der Waals surface area contributed by atoms with Crippen LogP contribution in [-0.4, -0.2) is 6.67 Å². The Morgan fingerprint density at radius 1 is 1.20 bits per heavy atom. The van der Waals surface area contributed by atoms with Gasteiger partial charge in [-0.2, -0.15) is 0 Å². The molecule has 0 heterocycles. The molecule has 0 atom stereocenters. The minimum Gasteiger partial charge on any atom is -0.270 e. The highest BCUT2D eigenvalue weighted by molar-refractivity contribution is 4.14. The SMILES string of the molecule is NNCNN. The van der Waals surface area contributed by atoms with Crippen LogP contribution in [0.5, 0.6) is 0 Å². The van der Waals surface area contributed by atoms with Gasteiger partial charge in [-0.15, -0.1) is 0 Å². The van der Waals surface area contributed by atoms with Gasteiger partial charge in [0.15, 0.2) is 0 Å². The minimum atomic E-state index is 0.444. The molecule has 0 aliphatic rings. The molecule has 0 amide bonds. The summed E-state index contributed by atoms with van der Waals surface area (Å²) in [4.78, 5) is 0. The molecule has 4 nitrogen and oxygen atoms in total. The number of nitrogens with one attached hydrogen (secondary N) is 2. The van der Waals surface area contributed by atoms with Crippen LogP contribution in [0.25, 0.3) is 0 Å². The van der Waals surface area contributed by atoms with Crippen LogP contribution in [-0.2, 0) is 0 Å². The van der Waals surface area contributed by atoms with Crippen LogP contribution in [0.4, 0.5) is 0 Å². The maximum absolute atomic E-state index is 4.75. The van der Waals surface area contributed by atoms with E-state index in [0.29, 0.717) is 6.67 Å². The zero-order valence-corrected chi connectivity index (χ0v) is 2.86. The maximum Gasteiger partial charge on any atom is 0.0716 e. The van der Waals surface area contributed by atoms with Crippen molar-refractivity contribution in [3.8, 4) is 0 Å². The molecule has 0 rings (SSSR count). The Labute approximate surface area is 30.5 Å². The number of hydrazine groups is 2. The Hall–Kier alpha value is -0.160. The Morgan fingerprint density at radius 3 is 1.60 bits per heavy atom. The highest BCUT2D eigenvalue weighted by Gasteiger charge is 1.60. The molecule has 5 heavy (non-hydrogen) atoms. The quantitative estimate of drug-likeness (QED) is 0.172. The van der Waals surface area contributed by atoms with Gasteiger partial charge in [0.05, 0.1) is 6.67 Å². The third-order valence-electron chi connectivity index (χ3n) is 0.204. The van der Waals surface area contributed by atoms with Gasteiger partial charge in [0.2, 0.25) is 0 Å². The second-order valence-electron chi connectivity index (χ2n) is 0.585. The first kappa shape index (κ1) is 4.84. The highest BCUT2D eigenvalue weighted by Crippen LogP contribution is 1.19. The van der Waals surface area contributed by atoms with Crippen molar-refractivity contribution in [1.82, 2.24) is 10.9 Å². The predicted molar refractivity (Wildman–Crippen MR) is 19.5 cm³/mol. The van der Waals surface area contributed by atoms with E-state index < -0.39 is 0 Å². The van der Waals surface area contributed by atoms with Crippen molar-refractivity contribution in [2.75, 3.05) is 6.67 Å². The lowest BCUT2D eigenvalue weighted by Gasteiger charge is -1.89. The summed E-state index contributed by atoms with van der Waals surface area (Å²) in [5, 5.41) is 0. The summed E-state index contributed by atoms with van der Waals surface area (Å²) >= 11 is 0. The lowest BCUT2D eigenvalue weighted by Crippen LogP contribution is -2.37. The number of hydrogen-bond donors (Lipinski definition) is 4. The normalized spacial score (nSPS) is 8.40. The van der Waals surface area contributed by atoms with Crippen LogP contribution >= 0.6 is 0 Å². The van der Waals surface area contributed by atoms with E-state index in [1.807, 2.05) is 0 Å². The standard InChI is InChI=1S/CH8N4/c2-4-1-5-3/h4-5H,1-3H2. The lowest BCUT2D eigenvalue weighted by atomic mass is 11.2. The van der Waals surface area contributed by atoms with Crippen molar-refractivity contribution in [3.63, 3.8) is 0 Å². The Balaban J connectivity index is 2.19. The molecule has 0 aromatic rings. The smallest absolute Gasteiger partial charge is 0.0716 e. The van der Waals surface area contributed by atoms with Crippen molar-refractivity contribution in [2.45, 2.75) is 0 Å². The third kappa shape index (κ3) is 3.84. The number of rotatable bonds is 2. The maximum atomic E-state index is 4.75. The van der Waals surface area contributed by atoms with Gasteiger partial charge in [0, 0.05) is 0 Å². The Kier molecular flexibility index (Phi) is 3.72. The first-order valence-corrected chi connectivity index (χ1v) is 1.28. The van der Waals surface area contributed by atoms with Gasteiger partial charge in [0.25, 0.3) is 0 Å². The van der Waals surface area contributed by atoms with Crippen molar-refractivity contribution >= 4 is 0 Å². The molecule has 0 unspecified atom stereocenters. The first-order chi connectivity index (χ1) is 2.41. The topological polar surface area (TPSA) is 76.1 Å². The van der Waals surface area contributed by atoms with E-state index >= 15 is 0 Å². The van der Waals surface area contributed by atoms with Crippen LogP contribution in [0.2, 0.25) is 0 Å². The molecule has 0 bridgehead atoms. The predicted octanol–water partition coefficient (Wildman–Crippen LogP) is -2.13. The second kappa shape index (κ2) is 3.84. The van der Waals surface area contributed by atoms with Crippen LogP contribution < -0.4 is 22.5 Å². The van der Waals surface area contributed by atoms with E-state index in [-0.39, 0.29) is 0 Å². The van der Waals surface area contributed by atoms with Gasteiger partial charge in [-0.1, -0.05) is 0 Å². The molecule has 0 saturated carbocycles. The largest absolute Gasteiger partial charge is 0.270 e. The van der Waals surface area contributed by atoms with Gasteiger partial charge in [-0.05, 0) is 0 Å². The average Bonchev–Trinajstić information content (AvgIpc) is 1.41. The molecular weight excluding hydrogens is 68.0 g/mol. The van der Waals surface area contributed by atoms with Crippen LogP contribution in [0.3, 0.4) is 0 Å². The summed E-state index contributed by atoms with van der Waals surface area (Å²) in [5.41, 5.74) is 4.56. The highest BCUT2D eigenvalue weighted by atomic mass is 15.4. The summed E-state index contributed by atoms with van der Waals surface area (Å²) in [6.07, 6.45) is 0. The van der Waals surface area contributed by atoms with E-state index in [1.165, 1.54) is 0 Å². The lowest BCUT2D eigenvalue weighted by molar-refractivity contribution is 0.624. The molecule has 6 N–H and O–H groups in total. The van der Waals surface area contributed by atoms with E-state index in [0.717, 1.165) is 0 Å². The van der Waals surface area contributed by atoms with Gasteiger partial charge < -0.3 is 0 Å². The van der Waals surface area contributed by atoms with Crippen molar-refractivity contribution < 1.29 is 0 Å². The van der Waals surface area contributed by atoms with Gasteiger partial charge in [-0.3, -0.25) is 11.7 Å². The van der Waals surface area contributed by atoms with E-state index in [1.54, 1.807) is 0 Å². The molecule has 0 radical (unpaired) electrons. The zero-order valence-electron chi connectivity index (χ0n) is 2.86. The summed E-state index contributed by atoms with van der Waals surface area (Å²) in [7, 11) is 0. The molecule has 0 fully saturated rings. The molecule has 0 aliphatic carbocycles. The fraction of sp³-hybridized carbons (Fsp3) is 1.00. The van der Waals surface area contributed by atoms with E-state index in [4.69, 9.17) is 11.7 Å². The summed E-state index contributed by atoms with van der Waals surface area (Å²) in [6.45, 7) is 0.444. The number of hydrogen-bond acceptors (Lipinski definition) is 4. The summed E-state index contributed by atoms with van der Waals surface area (Å²) in [6, 6.07) is 0. The van der Waals surface area contributed by atoms with Crippen molar-refractivity contribution in [2.24, 2.45) is 11.7 Å².